The molecule has 0 amide bonds. The molecule has 0 radical (unpaired) electrons. The fourth-order valence-corrected chi connectivity index (χ4v) is 2.06. The van der Waals surface area contributed by atoms with Gasteiger partial charge in [-0.25, -0.2) is 13.2 Å². The third-order valence-electron chi connectivity index (χ3n) is 2.66. The zero-order valence-corrected chi connectivity index (χ0v) is 14.4. The van der Waals surface area contributed by atoms with Gasteiger partial charge < -0.3 is 9.29 Å². The van der Waals surface area contributed by atoms with Gasteiger partial charge in [-0.2, -0.15) is 0 Å². The molecule has 0 fully saturated rings. The normalized spacial score (nSPS) is 10.6. The minimum atomic E-state index is -4.58. The van der Waals surface area contributed by atoms with Gasteiger partial charge in [-0.15, -0.1) is 0 Å². The molecule has 104 valence electrons. The van der Waals surface area contributed by atoms with Crippen molar-refractivity contribution in [2.75, 3.05) is 0 Å². The van der Waals surface area contributed by atoms with Gasteiger partial charge in [0.15, 0.2) is 0 Å². The summed E-state index contributed by atoms with van der Waals surface area (Å²) in [5.41, 5.74) is 0.893. The minimum Gasteiger partial charge on any atom is -0.744 e. The van der Waals surface area contributed by atoms with E-state index in [0.29, 0.717) is 11.1 Å². The van der Waals surface area contributed by atoms with Crippen molar-refractivity contribution in [2.24, 2.45) is 0 Å². The van der Waals surface area contributed by atoms with E-state index in [2.05, 4.69) is 0 Å². The Bertz CT molecular complexity index is 741. The van der Waals surface area contributed by atoms with E-state index in [9.17, 15) is 17.8 Å². The van der Waals surface area contributed by atoms with Crippen LogP contribution in [0.5, 0.6) is 5.75 Å². The van der Waals surface area contributed by atoms with Gasteiger partial charge >= 0.3 is 35.5 Å². The molecule has 0 unspecified atom stereocenters. The molecule has 0 aliphatic heterocycles. The summed E-state index contributed by atoms with van der Waals surface area (Å²) in [7, 11) is -4.58. The van der Waals surface area contributed by atoms with E-state index in [1.54, 1.807) is 37.3 Å². The van der Waals surface area contributed by atoms with Crippen LogP contribution in [0.4, 0.5) is 0 Å². The quantitative estimate of drug-likeness (QED) is 0.318. The minimum absolute atomic E-state index is 0. The Labute approximate surface area is 145 Å². The maximum Gasteiger partial charge on any atom is 1.00 e. The molecule has 0 heterocycles. The molecule has 0 spiro atoms. The Morgan fingerprint density at radius 2 is 1.71 bits per heavy atom. The summed E-state index contributed by atoms with van der Waals surface area (Å²) in [5.74, 6) is -0.565. The van der Waals surface area contributed by atoms with E-state index in [-0.39, 0.29) is 35.3 Å². The third kappa shape index (κ3) is 4.66. The number of aryl methyl sites for hydroxylation is 1. The first kappa shape index (κ1) is 17.9. The SMILES string of the molecule is Cc1ccc(S(=O)(=O)[O-])cc1OC(=O)c1ccccc1.[Na+]. The molecular formula is C14H11NaO5S. The van der Waals surface area contributed by atoms with Gasteiger partial charge in [0.25, 0.3) is 0 Å². The van der Waals surface area contributed by atoms with E-state index < -0.39 is 21.0 Å². The summed E-state index contributed by atoms with van der Waals surface area (Å²) < 4.78 is 38.0. The molecule has 0 saturated heterocycles. The van der Waals surface area contributed by atoms with Crippen LogP contribution >= 0.6 is 0 Å². The first-order valence-corrected chi connectivity index (χ1v) is 7.12. The average Bonchev–Trinajstić information content (AvgIpc) is 2.41. The van der Waals surface area contributed by atoms with Crippen molar-refractivity contribution in [3.63, 3.8) is 0 Å². The molecule has 0 aliphatic carbocycles. The van der Waals surface area contributed by atoms with Crippen LogP contribution in [0.25, 0.3) is 0 Å². The average molecular weight is 314 g/mol. The molecule has 2 aromatic rings. The van der Waals surface area contributed by atoms with Gasteiger partial charge in [0, 0.05) is 0 Å². The molecule has 0 atom stereocenters. The monoisotopic (exact) mass is 314 g/mol. The first-order chi connectivity index (χ1) is 9.38. The summed E-state index contributed by atoms with van der Waals surface area (Å²) in [6.07, 6.45) is 0. The summed E-state index contributed by atoms with van der Waals surface area (Å²) >= 11 is 0. The predicted molar refractivity (Wildman–Crippen MR) is 70.5 cm³/mol. The summed E-state index contributed by atoms with van der Waals surface area (Å²) in [6.45, 7) is 1.65. The van der Waals surface area contributed by atoms with Crippen LogP contribution in [-0.4, -0.2) is 18.9 Å². The van der Waals surface area contributed by atoms with Crippen LogP contribution < -0.4 is 34.3 Å². The zero-order chi connectivity index (χ0) is 14.8. The summed E-state index contributed by atoms with van der Waals surface area (Å²) in [6, 6.07) is 11.9. The standard InChI is InChI=1S/C14H12O5S.Na/c1-10-7-8-12(20(16,17)18)9-13(10)19-14(15)11-5-3-2-4-6-11;/h2-9H,1H3,(H,16,17,18);/q;+1/p-1. The Kier molecular flexibility index (Phi) is 6.12. The van der Waals surface area contributed by atoms with Crippen molar-refractivity contribution in [1.29, 1.82) is 0 Å². The van der Waals surface area contributed by atoms with Gasteiger partial charge in [-0.05, 0) is 36.8 Å². The Hall–Kier alpha value is -1.18. The zero-order valence-electron chi connectivity index (χ0n) is 11.6. The molecule has 0 saturated carbocycles. The fourth-order valence-electron chi connectivity index (χ4n) is 1.58. The smallest absolute Gasteiger partial charge is 0.744 e. The second-order valence-corrected chi connectivity index (χ2v) is 5.52. The number of carbonyl (C=O) groups is 1. The van der Waals surface area contributed by atoms with Gasteiger partial charge in [-0.3, -0.25) is 0 Å². The Morgan fingerprint density at radius 3 is 2.29 bits per heavy atom. The largest absolute Gasteiger partial charge is 1.00 e. The molecule has 0 aliphatic rings. The van der Waals surface area contributed by atoms with E-state index >= 15 is 0 Å². The molecule has 2 aromatic carbocycles. The van der Waals surface area contributed by atoms with Crippen molar-refractivity contribution in [3.05, 3.63) is 59.7 Å². The van der Waals surface area contributed by atoms with Crippen molar-refractivity contribution in [2.45, 2.75) is 11.8 Å². The van der Waals surface area contributed by atoms with Gasteiger partial charge in [-0.1, -0.05) is 24.3 Å². The molecule has 7 heteroatoms. The van der Waals surface area contributed by atoms with Gasteiger partial charge in [0.1, 0.15) is 15.9 Å². The molecule has 0 N–H and O–H groups in total. The van der Waals surface area contributed by atoms with Crippen LogP contribution in [0.2, 0.25) is 0 Å². The van der Waals surface area contributed by atoms with Crippen molar-refractivity contribution in [1.82, 2.24) is 0 Å². The number of carbonyl (C=O) groups excluding carboxylic acids is 1. The second-order valence-electron chi connectivity index (χ2n) is 4.14. The number of rotatable bonds is 3. The maximum atomic E-state index is 11.9. The van der Waals surface area contributed by atoms with E-state index in [4.69, 9.17) is 4.74 Å². The molecule has 0 bridgehead atoms. The van der Waals surface area contributed by atoms with E-state index in [0.717, 1.165) is 6.07 Å². The third-order valence-corrected chi connectivity index (χ3v) is 3.49. The Balaban J connectivity index is 0.00000220. The summed E-state index contributed by atoms with van der Waals surface area (Å²) in [5, 5.41) is 0. The van der Waals surface area contributed by atoms with Crippen LogP contribution in [0.3, 0.4) is 0 Å². The van der Waals surface area contributed by atoms with Crippen LogP contribution in [0.15, 0.2) is 53.4 Å². The number of hydrogen-bond acceptors (Lipinski definition) is 5. The second kappa shape index (κ2) is 7.20. The molecule has 5 nitrogen and oxygen atoms in total. The van der Waals surface area contributed by atoms with E-state index in [1.807, 2.05) is 0 Å². The van der Waals surface area contributed by atoms with Crippen molar-refractivity contribution >= 4 is 16.1 Å². The number of esters is 1. The van der Waals surface area contributed by atoms with Gasteiger partial charge in [0.05, 0.1) is 10.5 Å². The van der Waals surface area contributed by atoms with Crippen molar-refractivity contribution in [3.8, 4) is 5.75 Å². The number of ether oxygens (including phenoxy) is 1. The molecule has 21 heavy (non-hydrogen) atoms. The van der Waals surface area contributed by atoms with Crippen LogP contribution in [0, 0.1) is 6.92 Å². The van der Waals surface area contributed by atoms with Crippen LogP contribution in [-0.2, 0) is 10.1 Å². The molecular weight excluding hydrogens is 303 g/mol. The Morgan fingerprint density at radius 1 is 1.10 bits per heavy atom. The number of hydrogen-bond donors (Lipinski definition) is 0. The molecule has 0 aromatic heterocycles. The number of benzene rings is 2. The first-order valence-electron chi connectivity index (χ1n) is 5.72. The predicted octanol–water partition coefficient (Wildman–Crippen LogP) is -0.878. The van der Waals surface area contributed by atoms with Crippen molar-refractivity contribution < 1.29 is 52.1 Å². The molecule has 2 rings (SSSR count). The maximum absolute atomic E-state index is 11.9. The topological polar surface area (TPSA) is 83.5 Å². The van der Waals surface area contributed by atoms with E-state index in [1.165, 1.54) is 12.1 Å². The summed E-state index contributed by atoms with van der Waals surface area (Å²) in [4.78, 5) is 11.4. The van der Waals surface area contributed by atoms with Crippen LogP contribution in [0.1, 0.15) is 15.9 Å². The van der Waals surface area contributed by atoms with Gasteiger partial charge in [0.2, 0.25) is 0 Å². The fraction of sp³-hybridized carbons (Fsp3) is 0.0714.